The Kier molecular flexibility index (Phi) is 9.18. The van der Waals surface area contributed by atoms with Gasteiger partial charge in [-0.05, 0) is 115 Å². The summed E-state index contributed by atoms with van der Waals surface area (Å²) < 4.78 is 0. The molecule has 0 amide bonds. The smallest absolute Gasteiger partial charge is 0.0462 e. The first-order valence-corrected chi connectivity index (χ1v) is 16.9. The van der Waals surface area contributed by atoms with Gasteiger partial charge in [-0.15, -0.1) is 0 Å². The zero-order valence-electron chi connectivity index (χ0n) is 25.2. The quantitative estimate of drug-likeness (QED) is 0.149. The van der Waals surface area contributed by atoms with Crippen LogP contribution in [0.1, 0.15) is 0 Å². The Morgan fingerprint density at radius 2 is 0.522 bits per heavy atom. The van der Waals surface area contributed by atoms with E-state index in [9.17, 15) is 0 Å². The summed E-state index contributed by atoms with van der Waals surface area (Å²) in [7, 11) is 0. The Labute approximate surface area is 280 Å². The Bertz CT molecular complexity index is 1740. The van der Waals surface area contributed by atoms with Crippen LogP contribution in [0.2, 0.25) is 0 Å². The predicted molar refractivity (Wildman–Crippen MR) is 197 cm³/mol. The van der Waals surface area contributed by atoms with Gasteiger partial charge in [-0.25, -0.2) is 0 Å². The van der Waals surface area contributed by atoms with Crippen molar-refractivity contribution in [3.05, 3.63) is 194 Å². The van der Waals surface area contributed by atoms with Crippen molar-refractivity contribution in [3.63, 3.8) is 0 Å². The van der Waals surface area contributed by atoms with Crippen molar-refractivity contribution >= 4 is 57.6 Å². The highest BCUT2D eigenvalue weighted by atomic mass is 32.2. The molecule has 0 heterocycles. The van der Waals surface area contributed by atoms with Crippen LogP contribution in [0.15, 0.2) is 214 Å². The summed E-state index contributed by atoms with van der Waals surface area (Å²) in [5, 5.41) is 0. The SMILES string of the molecule is c1ccc(N(c2ccccc2)c2ccc(Sc3cccc(Sc4ccc(N(c5ccccc5)c5ccccc5)cc4)c3)cc2)cc1. The Hall–Kier alpha value is -5.16. The molecule has 7 rings (SSSR count). The predicted octanol–water partition coefficient (Wildman–Crippen LogP) is 12.9. The lowest BCUT2D eigenvalue weighted by atomic mass is 10.2. The molecular formula is C42H32N2S2. The van der Waals surface area contributed by atoms with Crippen LogP contribution >= 0.6 is 23.5 Å². The van der Waals surface area contributed by atoms with Gasteiger partial charge in [0.25, 0.3) is 0 Å². The number of rotatable bonds is 10. The zero-order valence-corrected chi connectivity index (χ0v) is 26.8. The summed E-state index contributed by atoms with van der Waals surface area (Å²) in [6.07, 6.45) is 0. The fourth-order valence-electron chi connectivity index (χ4n) is 5.40. The molecule has 2 nitrogen and oxygen atoms in total. The first-order valence-electron chi connectivity index (χ1n) is 15.3. The normalized spacial score (nSPS) is 10.8. The maximum absolute atomic E-state index is 2.29. The molecule has 46 heavy (non-hydrogen) atoms. The zero-order chi connectivity index (χ0) is 31.0. The van der Waals surface area contributed by atoms with Crippen molar-refractivity contribution in [2.45, 2.75) is 19.6 Å². The van der Waals surface area contributed by atoms with E-state index < -0.39 is 0 Å². The van der Waals surface area contributed by atoms with Crippen LogP contribution in [0.25, 0.3) is 0 Å². The van der Waals surface area contributed by atoms with E-state index in [-0.39, 0.29) is 0 Å². The van der Waals surface area contributed by atoms with E-state index in [1.54, 1.807) is 23.5 Å². The van der Waals surface area contributed by atoms with Gasteiger partial charge in [-0.3, -0.25) is 0 Å². The van der Waals surface area contributed by atoms with Crippen LogP contribution < -0.4 is 9.80 Å². The second-order valence-electron chi connectivity index (χ2n) is 10.7. The molecule has 0 atom stereocenters. The van der Waals surface area contributed by atoms with E-state index in [1.807, 2.05) is 0 Å². The van der Waals surface area contributed by atoms with E-state index in [0.29, 0.717) is 0 Å². The molecule has 0 saturated heterocycles. The molecule has 0 N–H and O–H groups in total. The molecule has 0 radical (unpaired) electrons. The Morgan fingerprint density at radius 1 is 0.239 bits per heavy atom. The molecule has 222 valence electrons. The fourth-order valence-corrected chi connectivity index (χ4v) is 7.23. The van der Waals surface area contributed by atoms with E-state index in [1.165, 1.54) is 19.6 Å². The van der Waals surface area contributed by atoms with Gasteiger partial charge >= 0.3 is 0 Å². The van der Waals surface area contributed by atoms with Crippen molar-refractivity contribution in [1.29, 1.82) is 0 Å². The minimum atomic E-state index is 1.13. The molecule has 7 aromatic carbocycles. The average molecular weight is 629 g/mol. The molecule has 0 aliphatic heterocycles. The minimum Gasteiger partial charge on any atom is -0.311 e. The monoisotopic (exact) mass is 628 g/mol. The van der Waals surface area contributed by atoms with Crippen molar-refractivity contribution in [2.24, 2.45) is 0 Å². The summed E-state index contributed by atoms with van der Waals surface area (Å²) in [6, 6.07) is 68.5. The molecule has 0 spiro atoms. The Morgan fingerprint density at radius 3 is 0.826 bits per heavy atom. The second kappa shape index (κ2) is 14.3. The first-order chi connectivity index (χ1) is 22.8. The molecule has 0 unspecified atom stereocenters. The third-order valence-corrected chi connectivity index (χ3v) is 9.52. The Balaban J connectivity index is 1.06. The van der Waals surface area contributed by atoms with Crippen LogP contribution in [-0.4, -0.2) is 0 Å². The highest BCUT2D eigenvalue weighted by Crippen LogP contribution is 2.39. The topological polar surface area (TPSA) is 6.48 Å². The van der Waals surface area contributed by atoms with Gasteiger partial charge in [-0.1, -0.05) is 102 Å². The van der Waals surface area contributed by atoms with E-state index in [2.05, 4.69) is 204 Å². The van der Waals surface area contributed by atoms with E-state index >= 15 is 0 Å². The highest BCUT2D eigenvalue weighted by molar-refractivity contribution is 8.00. The van der Waals surface area contributed by atoms with Gasteiger partial charge in [-0.2, -0.15) is 0 Å². The van der Waals surface area contributed by atoms with Crippen LogP contribution in [-0.2, 0) is 0 Å². The van der Waals surface area contributed by atoms with E-state index in [0.717, 1.165) is 34.1 Å². The lowest BCUT2D eigenvalue weighted by molar-refractivity contribution is 1.26. The second-order valence-corrected chi connectivity index (χ2v) is 13.0. The summed E-state index contributed by atoms with van der Waals surface area (Å²) in [6.45, 7) is 0. The maximum Gasteiger partial charge on any atom is 0.0462 e. The standard InChI is InChI=1S/C42H32N2S2/c1-5-14-33(15-6-1)43(34-16-7-2-8-17-34)37-24-28-39(29-25-37)45-41-22-13-23-42(32-41)46-40-30-26-38(27-31-40)44(35-18-9-3-10-19-35)36-20-11-4-12-21-36/h1-32H. The molecular weight excluding hydrogens is 597 g/mol. The maximum atomic E-state index is 2.29. The lowest BCUT2D eigenvalue weighted by Gasteiger charge is -2.25. The summed E-state index contributed by atoms with van der Waals surface area (Å²) >= 11 is 3.57. The number of benzene rings is 7. The number of nitrogens with zero attached hydrogens (tertiary/aromatic N) is 2. The average Bonchev–Trinajstić information content (AvgIpc) is 3.12. The highest BCUT2D eigenvalue weighted by Gasteiger charge is 2.13. The third-order valence-electron chi connectivity index (χ3n) is 7.52. The first kappa shape index (κ1) is 29.5. The summed E-state index contributed by atoms with van der Waals surface area (Å²) in [5.41, 5.74) is 6.82. The number of para-hydroxylation sites is 4. The van der Waals surface area contributed by atoms with Gasteiger partial charge in [0.05, 0.1) is 0 Å². The van der Waals surface area contributed by atoms with Crippen LogP contribution in [0.4, 0.5) is 34.1 Å². The molecule has 7 aromatic rings. The number of anilines is 6. The molecule has 0 fully saturated rings. The fraction of sp³-hybridized carbons (Fsp3) is 0. The summed E-state index contributed by atoms with van der Waals surface area (Å²) in [5.74, 6) is 0. The van der Waals surface area contributed by atoms with Gasteiger partial charge in [0, 0.05) is 53.7 Å². The number of hydrogen-bond donors (Lipinski definition) is 0. The molecule has 0 bridgehead atoms. The lowest BCUT2D eigenvalue weighted by Crippen LogP contribution is -2.09. The third kappa shape index (κ3) is 7.05. The van der Waals surface area contributed by atoms with Crippen LogP contribution in [0.3, 0.4) is 0 Å². The van der Waals surface area contributed by atoms with Gasteiger partial charge < -0.3 is 9.80 Å². The molecule has 4 heteroatoms. The molecule has 0 aliphatic rings. The molecule has 0 aliphatic carbocycles. The van der Waals surface area contributed by atoms with Gasteiger partial charge in [0.1, 0.15) is 0 Å². The summed E-state index contributed by atoms with van der Waals surface area (Å²) in [4.78, 5) is 9.43. The van der Waals surface area contributed by atoms with E-state index in [4.69, 9.17) is 0 Å². The molecule has 0 saturated carbocycles. The number of hydrogen-bond acceptors (Lipinski definition) is 4. The van der Waals surface area contributed by atoms with Gasteiger partial charge in [0.15, 0.2) is 0 Å². The van der Waals surface area contributed by atoms with Crippen molar-refractivity contribution in [2.75, 3.05) is 9.80 Å². The van der Waals surface area contributed by atoms with Gasteiger partial charge in [0.2, 0.25) is 0 Å². The minimum absolute atomic E-state index is 1.13. The van der Waals surface area contributed by atoms with Crippen LogP contribution in [0, 0.1) is 0 Å². The molecule has 0 aromatic heterocycles. The largest absolute Gasteiger partial charge is 0.311 e. The van der Waals surface area contributed by atoms with Crippen molar-refractivity contribution in [1.82, 2.24) is 0 Å². The van der Waals surface area contributed by atoms with Crippen molar-refractivity contribution in [3.8, 4) is 0 Å². The van der Waals surface area contributed by atoms with Crippen LogP contribution in [0.5, 0.6) is 0 Å². The van der Waals surface area contributed by atoms with Crippen molar-refractivity contribution < 1.29 is 0 Å².